The maximum absolute atomic E-state index is 9.57. The molecule has 3 aromatic rings. The maximum Gasteiger partial charge on any atom is 0.126 e. The molecular weight excluding hydrogens is 350 g/mol. The molecule has 0 saturated heterocycles. The van der Waals surface area contributed by atoms with Crippen LogP contribution in [0.3, 0.4) is 0 Å². The normalized spacial score (nSPS) is 11.3. The number of fused-ring (bicyclic) bond motifs is 1. The monoisotopic (exact) mass is 363 g/mol. The Morgan fingerprint density at radius 2 is 1.78 bits per heavy atom. The number of nitriles is 1. The van der Waals surface area contributed by atoms with Crippen LogP contribution in [-0.4, -0.2) is 7.11 Å². The minimum absolute atomic E-state index is 0.604. The summed E-state index contributed by atoms with van der Waals surface area (Å²) >= 11 is 3.42. The maximum atomic E-state index is 9.57. The van der Waals surface area contributed by atoms with Gasteiger partial charge in [-0.2, -0.15) is 5.26 Å². The summed E-state index contributed by atoms with van der Waals surface area (Å²) in [5.41, 5.74) is 2.41. The third-order valence-corrected chi connectivity index (χ3v) is 4.24. The lowest BCUT2D eigenvalue weighted by Gasteiger charge is -2.10. The van der Waals surface area contributed by atoms with Crippen LogP contribution in [0, 0.1) is 11.3 Å². The van der Waals surface area contributed by atoms with Gasteiger partial charge in [0.15, 0.2) is 0 Å². The molecule has 2 nitrogen and oxygen atoms in total. The van der Waals surface area contributed by atoms with Crippen molar-refractivity contribution in [2.24, 2.45) is 0 Å². The smallest absolute Gasteiger partial charge is 0.126 e. The van der Waals surface area contributed by atoms with Crippen molar-refractivity contribution in [1.29, 1.82) is 5.26 Å². The van der Waals surface area contributed by atoms with E-state index in [0.29, 0.717) is 5.57 Å². The van der Waals surface area contributed by atoms with Crippen molar-refractivity contribution in [3.63, 3.8) is 0 Å². The highest BCUT2D eigenvalue weighted by molar-refractivity contribution is 9.10. The van der Waals surface area contributed by atoms with Gasteiger partial charge in [-0.25, -0.2) is 0 Å². The van der Waals surface area contributed by atoms with Crippen molar-refractivity contribution < 1.29 is 4.74 Å². The predicted octanol–water partition coefficient (Wildman–Crippen LogP) is 5.68. The zero-order chi connectivity index (χ0) is 16.2. The van der Waals surface area contributed by atoms with E-state index < -0.39 is 0 Å². The first-order chi connectivity index (χ1) is 11.2. The predicted molar refractivity (Wildman–Crippen MR) is 98.1 cm³/mol. The summed E-state index contributed by atoms with van der Waals surface area (Å²) in [6.45, 7) is 0. The zero-order valence-corrected chi connectivity index (χ0v) is 14.2. The van der Waals surface area contributed by atoms with Gasteiger partial charge in [0.1, 0.15) is 5.75 Å². The SMILES string of the molecule is COc1ccc2ccccc2c1C=C(C#N)c1ccc(Br)cc1. The molecule has 23 heavy (non-hydrogen) atoms. The molecule has 0 saturated carbocycles. The van der Waals surface area contributed by atoms with Gasteiger partial charge in [0.25, 0.3) is 0 Å². The van der Waals surface area contributed by atoms with Gasteiger partial charge in [-0.05, 0) is 40.6 Å². The molecule has 3 rings (SSSR count). The number of halogens is 1. The van der Waals surface area contributed by atoms with Crippen molar-refractivity contribution in [2.75, 3.05) is 7.11 Å². The van der Waals surface area contributed by atoms with Gasteiger partial charge in [-0.1, -0.05) is 58.4 Å². The van der Waals surface area contributed by atoms with Gasteiger partial charge in [0, 0.05) is 10.0 Å². The second-order valence-corrected chi connectivity index (χ2v) is 6.00. The lowest BCUT2D eigenvalue weighted by Crippen LogP contribution is -1.90. The fourth-order valence-corrected chi connectivity index (χ4v) is 2.82. The first kappa shape index (κ1) is 15.3. The van der Waals surface area contributed by atoms with Crippen molar-refractivity contribution in [1.82, 2.24) is 0 Å². The van der Waals surface area contributed by atoms with Gasteiger partial charge in [-0.3, -0.25) is 0 Å². The molecule has 0 atom stereocenters. The van der Waals surface area contributed by atoms with E-state index in [4.69, 9.17) is 4.74 Å². The first-order valence-electron chi connectivity index (χ1n) is 7.16. The highest BCUT2D eigenvalue weighted by Gasteiger charge is 2.09. The summed E-state index contributed by atoms with van der Waals surface area (Å²) in [6, 6.07) is 22.1. The van der Waals surface area contributed by atoms with E-state index in [1.807, 2.05) is 60.7 Å². The number of rotatable bonds is 3. The Balaban J connectivity index is 2.22. The molecule has 0 radical (unpaired) electrons. The number of allylic oxidation sites excluding steroid dienone is 1. The highest BCUT2D eigenvalue weighted by atomic mass is 79.9. The van der Waals surface area contributed by atoms with Crippen LogP contribution in [0.4, 0.5) is 0 Å². The minimum Gasteiger partial charge on any atom is -0.496 e. The number of benzene rings is 3. The lowest BCUT2D eigenvalue weighted by molar-refractivity contribution is 0.414. The average Bonchev–Trinajstić information content (AvgIpc) is 2.60. The highest BCUT2D eigenvalue weighted by Crippen LogP contribution is 2.31. The molecule has 0 spiro atoms. The molecule has 0 heterocycles. The van der Waals surface area contributed by atoms with Crippen molar-refractivity contribution >= 4 is 38.4 Å². The van der Waals surface area contributed by atoms with E-state index in [1.54, 1.807) is 7.11 Å². The van der Waals surface area contributed by atoms with Crippen LogP contribution in [0.25, 0.3) is 22.4 Å². The van der Waals surface area contributed by atoms with Crippen LogP contribution < -0.4 is 4.74 Å². The second kappa shape index (κ2) is 6.68. The summed E-state index contributed by atoms with van der Waals surface area (Å²) in [4.78, 5) is 0. The third kappa shape index (κ3) is 3.13. The van der Waals surface area contributed by atoms with Crippen LogP contribution in [0.15, 0.2) is 65.1 Å². The van der Waals surface area contributed by atoms with Gasteiger partial charge in [0.2, 0.25) is 0 Å². The molecule has 112 valence electrons. The quantitative estimate of drug-likeness (QED) is 0.443. The fourth-order valence-electron chi connectivity index (χ4n) is 2.56. The molecule has 0 unspecified atom stereocenters. The fraction of sp³-hybridized carbons (Fsp3) is 0.0500. The van der Waals surface area contributed by atoms with Gasteiger partial charge < -0.3 is 4.74 Å². The topological polar surface area (TPSA) is 33.0 Å². The Hall–Kier alpha value is -2.57. The summed E-state index contributed by atoms with van der Waals surface area (Å²) in [5, 5.41) is 11.8. The van der Waals surface area contributed by atoms with Gasteiger partial charge in [0.05, 0.1) is 18.8 Å². The molecule has 0 bridgehead atoms. The summed E-state index contributed by atoms with van der Waals surface area (Å²) in [7, 11) is 1.65. The van der Waals surface area contributed by atoms with E-state index in [9.17, 15) is 5.26 Å². The number of nitrogens with zero attached hydrogens (tertiary/aromatic N) is 1. The molecule has 0 aliphatic rings. The number of hydrogen-bond acceptors (Lipinski definition) is 2. The summed E-state index contributed by atoms with van der Waals surface area (Å²) < 4.78 is 6.48. The first-order valence-corrected chi connectivity index (χ1v) is 7.95. The van der Waals surface area contributed by atoms with E-state index >= 15 is 0 Å². The van der Waals surface area contributed by atoms with Gasteiger partial charge >= 0.3 is 0 Å². The molecule has 0 fully saturated rings. The van der Waals surface area contributed by atoms with Crippen LogP contribution in [0.1, 0.15) is 11.1 Å². The molecule has 0 amide bonds. The third-order valence-electron chi connectivity index (χ3n) is 3.71. The molecular formula is C20H14BrNO. The minimum atomic E-state index is 0.604. The largest absolute Gasteiger partial charge is 0.496 e. The second-order valence-electron chi connectivity index (χ2n) is 5.08. The summed E-state index contributed by atoms with van der Waals surface area (Å²) in [6.07, 6.45) is 1.89. The van der Waals surface area contributed by atoms with E-state index in [1.165, 1.54) is 0 Å². The Kier molecular flexibility index (Phi) is 4.45. The van der Waals surface area contributed by atoms with Gasteiger partial charge in [-0.15, -0.1) is 0 Å². The Labute approximate surface area is 143 Å². The molecule has 0 N–H and O–H groups in total. The van der Waals surface area contributed by atoms with Crippen molar-refractivity contribution in [3.8, 4) is 11.8 Å². The molecule has 0 aliphatic carbocycles. The standard InChI is InChI=1S/C20H14BrNO/c1-23-20-11-8-15-4-2-3-5-18(15)19(20)12-16(13-22)14-6-9-17(21)10-7-14/h2-12H,1H3. The Bertz CT molecular complexity index is 921. The van der Waals surface area contributed by atoms with Crippen LogP contribution in [0.5, 0.6) is 5.75 Å². The molecule has 0 aromatic heterocycles. The lowest BCUT2D eigenvalue weighted by atomic mass is 9.99. The van der Waals surface area contributed by atoms with Crippen LogP contribution >= 0.6 is 15.9 Å². The number of methoxy groups -OCH3 is 1. The average molecular weight is 364 g/mol. The van der Waals surface area contributed by atoms with E-state index in [2.05, 4.69) is 28.1 Å². The Morgan fingerprint density at radius 3 is 2.48 bits per heavy atom. The molecule has 0 aliphatic heterocycles. The summed E-state index contributed by atoms with van der Waals surface area (Å²) in [5.74, 6) is 0.758. The Morgan fingerprint density at radius 1 is 1.04 bits per heavy atom. The van der Waals surface area contributed by atoms with Crippen LogP contribution in [-0.2, 0) is 0 Å². The van der Waals surface area contributed by atoms with Crippen molar-refractivity contribution in [2.45, 2.75) is 0 Å². The molecule has 3 heteroatoms. The van der Waals surface area contributed by atoms with Crippen molar-refractivity contribution in [3.05, 3.63) is 76.3 Å². The van der Waals surface area contributed by atoms with E-state index in [-0.39, 0.29) is 0 Å². The zero-order valence-electron chi connectivity index (χ0n) is 12.6. The van der Waals surface area contributed by atoms with E-state index in [0.717, 1.165) is 32.1 Å². The number of hydrogen-bond donors (Lipinski definition) is 0. The number of ether oxygens (including phenoxy) is 1. The molecule has 3 aromatic carbocycles. The van der Waals surface area contributed by atoms with Crippen LogP contribution in [0.2, 0.25) is 0 Å².